The van der Waals surface area contributed by atoms with Gasteiger partial charge in [0.15, 0.2) is 0 Å². The van der Waals surface area contributed by atoms with Gasteiger partial charge >= 0.3 is 0 Å². The first-order chi connectivity index (χ1) is 11.9. The van der Waals surface area contributed by atoms with Crippen LogP contribution in [-0.2, 0) is 0 Å². The van der Waals surface area contributed by atoms with Crippen LogP contribution in [0, 0.1) is 0 Å². The van der Waals surface area contributed by atoms with E-state index in [1.807, 2.05) is 66.7 Å². The Bertz CT molecular complexity index is 1080. The lowest BCUT2D eigenvalue weighted by Gasteiger charge is -2.02. The Labute approximate surface area is 137 Å². The molecule has 0 bridgehead atoms. The smallest absolute Gasteiger partial charge is 0.0928 e. The highest BCUT2D eigenvalue weighted by Crippen LogP contribution is 2.29. The molecule has 0 spiro atoms. The molecule has 0 saturated carbocycles. The van der Waals surface area contributed by atoms with Gasteiger partial charge in [0.1, 0.15) is 0 Å². The largest absolute Gasteiger partial charge is 0.275 e. The summed E-state index contributed by atoms with van der Waals surface area (Å²) in [7, 11) is 0. The molecular weight excluding hydrogens is 298 g/mol. The van der Waals surface area contributed by atoms with Gasteiger partial charge in [0.25, 0.3) is 0 Å². The number of aromatic amines is 2. The van der Waals surface area contributed by atoms with Gasteiger partial charge in [0, 0.05) is 10.8 Å². The minimum atomic E-state index is 0.861. The Hall–Kier alpha value is -3.47. The minimum absolute atomic E-state index is 0.861. The zero-order valence-electron chi connectivity index (χ0n) is 12.7. The zero-order valence-corrected chi connectivity index (χ0v) is 12.7. The number of benzene rings is 2. The second-order valence-electron chi connectivity index (χ2n) is 5.64. The van der Waals surface area contributed by atoms with Gasteiger partial charge < -0.3 is 0 Å². The van der Waals surface area contributed by atoms with Gasteiger partial charge in [-0.2, -0.15) is 10.2 Å². The molecule has 0 unspecified atom stereocenters. The molecule has 24 heavy (non-hydrogen) atoms. The van der Waals surface area contributed by atoms with Crippen molar-refractivity contribution < 1.29 is 0 Å². The Kier molecular flexibility index (Phi) is 2.72. The molecular formula is C19H13N5. The van der Waals surface area contributed by atoms with Gasteiger partial charge in [-0.25, -0.2) is 4.98 Å². The molecule has 5 aromatic rings. The molecule has 0 radical (unpaired) electrons. The second kappa shape index (κ2) is 5.03. The van der Waals surface area contributed by atoms with Crippen molar-refractivity contribution in [2.24, 2.45) is 0 Å². The lowest BCUT2D eigenvalue weighted by Crippen LogP contribution is -1.89. The average Bonchev–Trinajstić information content (AvgIpc) is 3.26. The lowest BCUT2D eigenvalue weighted by molar-refractivity contribution is 1.10. The summed E-state index contributed by atoms with van der Waals surface area (Å²) >= 11 is 0. The van der Waals surface area contributed by atoms with Crippen molar-refractivity contribution in [2.45, 2.75) is 0 Å². The molecule has 0 aliphatic heterocycles. The zero-order chi connectivity index (χ0) is 15.9. The molecule has 5 rings (SSSR count). The van der Waals surface area contributed by atoms with Gasteiger partial charge in [0.2, 0.25) is 0 Å². The summed E-state index contributed by atoms with van der Waals surface area (Å²) in [5.41, 5.74) is 5.45. The Morgan fingerprint density at radius 3 is 1.58 bits per heavy atom. The van der Waals surface area contributed by atoms with E-state index >= 15 is 0 Å². The maximum atomic E-state index is 4.82. The molecule has 2 aromatic carbocycles. The molecule has 0 saturated heterocycles. The van der Waals surface area contributed by atoms with E-state index in [0.29, 0.717) is 0 Å². The van der Waals surface area contributed by atoms with Crippen molar-refractivity contribution in [3.05, 3.63) is 66.7 Å². The quantitative estimate of drug-likeness (QED) is 0.514. The summed E-state index contributed by atoms with van der Waals surface area (Å²) in [6.45, 7) is 0. The summed E-state index contributed by atoms with van der Waals surface area (Å²) < 4.78 is 0. The van der Waals surface area contributed by atoms with E-state index in [-0.39, 0.29) is 0 Å². The molecule has 0 amide bonds. The van der Waals surface area contributed by atoms with Gasteiger partial charge in [0.05, 0.1) is 33.8 Å². The predicted octanol–water partition coefficient (Wildman–Crippen LogP) is 4.17. The first-order valence-electron chi connectivity index (χ1n) is 7.74. The fourth-order valence-corrected chi connectivity index (χ4v) is 3.02. The van der Waals surface area contributed by atoms with Crippen molar-refractivity contribution >= 4 is 21.8 Å². The van der Waals surface area contributed by atoms with Crippen molar-refractivity contribution in [2.75, 3.05) is 0 Å². The summed E-state index contributed by atoms with van der Waals surface area (Å²) in [4.78, 5) is 4.82. The topological polar surface area (TPSA) is 70.2 Å². The maximum absolute atomic E-state index is 4.82. The van der Waals surface area contributed by atoms with Crippen LogP contribution >= 0.6 is 0 Å². The molecule has 0 fully saturated rings. The summed E-state index contributed by atoms with van der Waals surface area (Å²) in [5.74, 6) is 0. The number of pyridine rings is 1. The van der Waals surface area contributed by atoms with E-state index in [1.54, 1.807) is 0 Å². The highest BCUT2D eigenvalue weighted by molar-refractivity contribution is 5.94. The third-order valence-corrected chi connectivity index (χ3v) is 4.18. The first kappa shape index (κ1) is 13.0. The van der Waals surface area contributed by atoms with Crippen LogP contribution in [0.5, 0.6) is 0 Å². The van der Waals surface area contributed by atoms with E-state index < -0.39 is 0 Å². The Morgan fingerprint density at radius 1 is 0.542 bits per heavy atom. The molecule has 2 N–H and O–H groups in total. The number of fused-ring (bicyclic) bond motifs is 2. The van der Waals surface area contributed by atoms with Crippen LogP contribution in [0.1, 0.15) is 0 Å². The summed E-state index contributed by atoms with van der Waals surface area (Å²) in [6, 6.07) is 22.0. The fraction of sp³-hybridized carbons (Fsp3) is 0. The number of H-pyrrole nitrogens is 2. The molecule has 0 atom stereocenters. The van der Waals surface area contributed by atoms with Crippen LogP contribution in [0.4, 0.5) is 0 Å². The molecule has 5 nitrogen and oxygen atoms in total. The van der Waals surface area contributed by atoms with E-state index in [9.17, 15) is 0 Å². The average molecular weight is 311 g/mol. The molecule has 0 aliphatic rings. The minimum Gasteiger partial charge on any atom is -0.275 e. The molecule has 114 valence electrons. The molecule has 3 heterocycles. The Balaban J connectivity index is 1.69. The number of hydrogen-bond acceptors (Lipinski definition) is 3. The van der Waals surface area contributed by atoms with Crippen LogP contribution in [0.3, 0.4) is 0 Å². The van der Waals surface area contributed by atoms with Gasteiger partial charge in [-0.3, -0.25) is 10.2 Å². The van der Waals surface area contributed by atoms with E-state index in [2.05, 4.69) is 20.4 Å². The van der Waals surface area contributed by atoms with Gasteiger partial charge in [-0.05, 0) is 24.3 Å². The molecule has 5 heteroatoms. The highest BCUT2D eigenvalue weighted by Gasteiger charge is 2.12. The van der Waals surface area contributed by atoms with Crippen LogP contribution < -0.4 is 0 Å². The van der Waals surface area contributed by atoms with Crippen molar-refractivity contribution in [1.82, 2.24) is 25.4 Å². The van der Waals surface area contributed by atoms with Crippen LogP contribution in [0.15, 0.2) is 66.7 Å². The second-order valence-corrected chi connectivity index (χ2v) is 5.64. The van der Waals surface area contributed by atoms with Crippen LogP contribution in [0.25, 0.3) is 44.6 Å². The van der Waals surface area contributed by atoms with E-state index in [0.717, 1.165) is 44.6 Å². The van der Waals surface area contributed by atoms with Crippen LogP contribution in [-0.4, -0.2) is 25.4 Å². The number of aromatic nitrogens is 5. The van der Waals surface area contributed by atoms with Gasteiger partial charge in [-0.1, -0.05) is 42.5 Å². The predicted molar refractivity (Wildman–Crippen MR) is 94.4 cm³/mol. The number of para-hydroxylation sites is 2. The number of nitrogens with one attached hydrogen (secondary N) is 2. The standard InChI is InChI=1S/C19H13N5/c1-3-8-14-12(6-1)18(23-21-14)16-10-5-11-17(20-16)19-13-7-2-4-9-15(13)22-24-19/h1-11H,(H,21,23)(H,22,24). The van der Waals surface area contributed by atoms with E-state index in [4.69, 9.17) is 4.98 Å². The monoisotopic (exact) mass is 311 g/mol. The maximum Gasteiger partial charge on any atom is 0.0928 e. The normalized spacial score (nSPS) is 11.3. The first-order valence-corrected chi connectivity index (χ1v) is 7.74. The van der Waals surface area contributed by atoms with Crippen molar-refractivity contribution in [3.8, 4) is 22.8 Å². The Morgan fingerprint density at radius 2 is 1.04 bits per heavy atom. The van der Waals surface area contributed by atoms with E-state index in [1.165, 1.54) is 0 Å². The van der Waals surface area contributed by atoms with Gasteiger partial charge in [-0.15, -0.1) is 0 Å². The fourth-order valence-electron chi connectivity index (χ4n) is 3.02. The number of rotatable bonds is 2. The molecule has 3 aromatic heterocycles. The van der Waals surface area contributed by atoms with Crippen molar-refractivity contribution in [3.63, 3.8) is 0 Å². The molecule has 0 aliphatic carbocycles. The summed E-state index contributed by atoms with van der Waals surface area (Å²) in [6.07, 6.45) is 0. The lowest BCUT2D eigenvalue weighted by atomic mass is 10.1. The number of nitrogens with zero attached hydrogens (tertiary/aromatic N) is 3. The third-order valence-electron chi connectivity index (χ3n) is 4.18. The third kappa shape index (κ3) is 1.91. The van der Waals surface area contributed by atoms with Crippen LogP contribution in [0.2, 0.25) is 0 Å². The van der Waals surface area contributed by atoms with Crippen molar-refractivity contribution in [1.29, 1.82) is 0 Å². The summed E-state index contributed by atoms with van der Waals surface area (Å²) in [5, 5.41) is 17.0. The highest BCUT2D eigenvalue weighted by atomic mass is 15.1. The SMILES string of the molecule is c1cc(-c2[nH]nc3ccccc23)nc(-c2[nH]nc3ccccc23)c1. The number of hydrogen-bond donors (Lipinski definition) is 2.